The second kappa shape index (κ2) is 4.79. The first-order valence-electron chi connectivity index (χ1n) is 7.24. The van der Waals surface area contributed by atoms with Gasteiger partial charge in [-0.05, 0) is 50.4 Å². The van der Waals surface area contributed by atoms with E-state index in [2.05, 4.69) is 15.4 Å². The number of hydrogen-bond donors (Lipinski definition) is 2. The molecule has 0 aromatic rings. The lowest BCUT2D eigenvalue weighted by atomic mass is 9.52. The van der Waals surface area contributed by atoms with Crippen LogP contribution in [0.5, 0.6) is 0 Å². The molecule has 0 heterocycles. The van der Waals surface area contributed by atoms with Gasteiger partial charge in [0.2, 0.25) is 0 Å². The Hall–Kier alpha value is -0.970. The molecular formula is C14H21ClN2O3. The summed E-state index contributed by atoms with van der Waals surface area (Å²) in [6, 6.07) is -0.294. The number of rotatable bonds is 3. The number of hydrogen-bond acceptors (Lipinski definition) is 3. The minimum absolute atomic E-state index is 0.0999. The second-order valence-corrected chi connectivity index (χ2v) is 7.58. The van der Waals surface area contributed by atoms with E-state index in [0.717, 1.165) is 32.1 Å². The van der Waals surface area contributed by atoms with Crippen molar-refractivity contribution >= 4 is 23.6 Å². The predicted octanol–water partition coefficient (Wildman–Crippen LogP) is 1.79. The molecule has 5 nitrogen and oxygen atoms in total. The van der Waals surface area contributed by atoms with E-state index in [9.17, 15) is 9.59 Å². The summed E-state index contributed by atoms with van der Waals surface area (Å²) in [4.78, 5) is 22.9. The lowest BCUT2D eigenvalue weighted by Crippen LogP contribution is -2.65. The molecule has 4 rings (SSSR count). The Morgan fingerprint density at radius 1 is 1.25 bits per heavy atom. The van der Waals surface area contributed by atoms with Gasteiger partial charge in [-0.2, -0.15) is 0 Å². The molecule has 4 aliphatic rings. The fourth-order valence-corrected chi connectivity index (χ4v) is 5.50. The molecule has 0 saturated heterocycles. The van der Waals surface area contributed by atoms with Gasteiger partial charge in [0.25, 0.3) is 0 Å². The maximum Gasteiger partial charge on any atom is 0.325 e. The van der Waals surface area contributed by atoms with Crippen LogP contribution in [0.25, 0.3) is 0 Å². The summed E-state index contributed by atoms with van der Waals surface area (Å²) in [7, 11) is 1.30. The number of ether oxygens (including phenoxy) is 1. The number of alkyl halides is 1. The van der Waals surface area contributed by atoms with Crippen LogP contribution in [0.3, 0.4) is 0 Å². The third kappa shape index (κ3) is 2.60. The van der Waals surface area contributed by atoms with Crippen LogP contribution >= 0.6 is 11.6 Å². The number of esters is 1. The number of halogens is 1. The number of urea groups is 1. The molecule has 0 aromatic carbocycles. The average molecular weight is 301 g/mol. The van der Waals surface area contributed by atoms with Crippen molar-refractivity contribution in [3.05, 3.63) is 0 Å². The van der Waals surface area contributed by atoms with Gasteiger partial charge in [-0.25, -0.2) is 4.79 Å². The van der Waals surface area contributed by atoms with Crippen molar-refractivity contribution in [3.8, 4) is 0 Å². The molecule has 0 aromatic heterocycles. The zero-order valence-corrected chi connectivity index (χ0v) is 12.5. The molecule has 4 saturated carbocycles. The maximum atomic E-state index is 12.0. The van der Waals surface area contributed by atoms with Crippen molar-refractivity contribution in [2.75, 3.05) is 13.7 Å². The summed E-state index contributed by atoms with van der Waals surface area (Å²) in [5.74, 6) is 0.823. The highest BCUT2D eigenvalue weighted by atomic mass is 35.5. The summed E-state index contributed by atoms with van der Waals surface area (Å²) in [6.07, 6.45) is 6.30. The molecule has 20 heavy (non-hydrogen) atoms. The molecular weight excluding hydrogens is 280 g/mol. The molecule has 6 heteroatoms. The first-order chi connectivity index (χ1) is 9.42. The normalized spacial score (nSPS) is 41.3. The van der Waals surface area contributed by atoms with Crippen LogP contribution in [0.15, 0.2) is 0 Å². The van der Waals surface area contributed by atoms with E-state index in [0.29, 0.717) is 11.8 Å². The van der Waals surface area contributed by atoms with Crippen molar-refractivity contribution in [3.63, 3.8) is 0 Å². The van der Waals surface area contributed by atoms with Crippen LogP contribution < -0.4 is 10.6 Å². The van der Waals surface area contributed by atoms with Crippen molar-refractivity contribution < 1.29 is 14.3 Å². The third-order valence-electron chi connectivity index (χ3n) is 4.99. The van der Waals surface area contributed by atoms with Gasteiger partial charge in [-0.15, -0.1) is 11.6 Å². The zero-order valence-electron chi connectivity index (χ0n) is 11.7. The van der Waals surface area contributed by atoms with Gasteiger partial charge in [0.05, 0.1) is 7.11 Å². The third-order valence-corrected chi connectivity index (χ3v) is 5.43. The lowest BCUT2D eigenvalue weighted by Gasteiger charge is -2.60. The summed E-state index contributed by atoms with van der Waals surface area (Å²) in [5, 5.41) is 5.64. The predicted molar refractivity (Wildman–Crippen MR) is 74.5 cm³/mol. The first kappa shape index (κ1) is 14.0. The van der Waals surface area contributed by atoms with Crippen LogP contribution in [0.4, 0.5) is 4.79 Å². The van der Waals surface area contributed by atoms with Gasteiger partial charge < -0.3 is 15.4 Å². The van der Waals surface area contributed by atoms with Crippen LogP contribution in [0.2, 0.25) is 0 Å². The monoisotopic (exact) mass is 300 g/mol. The summed E-state index contributed by atoms with van der Waals surface area (Å²) >= 11 is 6.71. The van der Waals surface area contributed by atoms with Crippen molar-refractivity contribution in [1.29, 1.82) is 0 Å². The molecule has 2 N–H and O–H groups in total. The molecule has 2 amide bonds. The Morgan fingerprint density at radius 3 is 2.45 bits per heavy atom. The van der Waals surface area contributed by atoms with E-state index < -0.39 is 5.97 Å². The molecule has 0 radical (unpaired) electrons. The molecule has 2 unspecified atom stereocenters. The molecule has 4 bridgehead atoms. The van der Waals surface area contributed by atoms with Crippen LogP contribution in [-0.2, 0) is 9.53 Å². The van der Waals surface area contributed by atoms with E-state index in [-0.39, 0.29) is 23.0 Å². The van der Waals surface area contributed by atoms with Gasteiger partial charge in [-0.3, -0.25) is 4.79 Å². The maximum absolute atomic E-state index is 12.0. The SMILES string of the molecule is COC(=O)CNC(=O)NC12CC3CC(CC(Cl)(C3)C1)C2. The van der Waals surface area contributed by atoms with Crippen LogP contribution in [0.1, 0.15) is 38.5 Å². The Kier molecular flexibility index (Phi) is 3.35. The molecule has 0 spiro atoms. The van der Waals surface area contributed by atoms with E-state index in [1.165, 1.54) is 13.5 Å². The molecule has 4 aliphatic carbocycles. The highest BCUT2D eigenvalue weighted by molar-refractivity contribution is 6.24. The van der Waals surface area contributed by atoms with Gasteiger partial charge in [0, 0.05) is 10.4 Å². The summed E-state index contributed by atoms with van der Waals surface area (Å²) in [6.45, 7) is -0.0999. The first-order valence-corrected chi connectivity index (χ1v) is 7.62. The fraction of sp³-hybridized carbons (Fsp3) is 0.857. The Bertz CT molecular complexity index is 426. The number of methoxy groups -OCH3 is 1. The number of carbonyl (C=O) groups excluding carboxylic acids is 2. The van der Waals surface area contributed by atoms with E-state index in [1.807, 2.05) is 0 Å². The van der Waals surface area contributed by atoms with Gasteiger partial charge in [0.1, 0.15) is 6.54 Å². The Balaban J connectivity index is 1.62. The van der Waals surface area contributed by atoms with E-state index >= 15 is 0 Å². The molecule has 4 fully saturated rings. The molecule has 112 valence electrons. The van der Waals surface area contributed by atoms with Crippen LogP contribution in [-0.4, -0.2) is 36.1 Å². The van der Waals surface area contributed by atoms with Crippen molar-refractivity contribution in [2.24, 2.45) is 11.8 Å². The fourth-order valence-electron chi connectivity index (χ4n) is 4.81. The zero-order chi connectivity index (χ0) is 14.4. The highest BCUT2D eigenvalue weighted by Gasteiger charge is 2.57. The second-order valence-electron chi connectivity index (χ2n) is 6.78. The summed E-state index contributed by atoms with van der Waals surface area (Å²) < 4.78 is 4.51. The number of nitrogens with one attached hydrogen (secondary N) is 2. The molecule has 2 atom stereocenters. The van der Waals surface area contributed by atoms with Crippen molar-refractivity contribution in [2.45, 2.75) is 48.9 Å². The smallest absolute Gasteiger partial charge is 0.325 e. The number of amides is 2. The van der Waals surface area contributed by atoms with Crippen LogP contribution in [0, 0.1) is 11.8 Å². The highest BCUT2D eigenvalue weighted by Crippen LogP contribution is 2.59. The Labute approximate surface area is 123 Å². The lowest BCUT2D eigenvalue weighted by molar-refractivity contribution is -0.139. The topological polar surface area (TPSA) is 67.4 Å². The largest absolute Gasteiger partial charge is 0.468 e. The summed E-state index contributed by atoms with van der Waals surface area (Å²) in [5.41, 5.74) is -0.175. The minimum atomic E-state index is -0.445. The van der Waals surface area contributed by atoms with Gasteiger partial charge in [0.15, 0.2) is 0 Å². The number of carbonyl (C=O) groups is 2. The van der Waals surface area contributed by atoms with Crippen molar-refractivity contribution in [1.82, 2.24) is 10.6 Å². The van der Waals surface area contributed by atoms with Gasteiger partial charge >= 0.3 is 12.0 Å². The van der Waals surface area contributed by atoms with E-state index in [4.69, 9.17) is 11.6 Å². The quantitative estimate of drug-likeness (QED) is 0.617. The Morgan fingerprint density at radius 2 is 1.90 bits per heavy atom. The average Bonchev–Trinajstić information content (AvgIpc) is 2.32. The molecule has 0 aliphatic heterocycles. The minimum Gasteiger partial charge on any atom is -0.468 e. The van der Waals surface area contributed by atoms with E-state index in [1.54, 1.807) is 0 Å². The van der Waals surface area contributed by atoms with Gasteiger partial charge in [-0.1, -0.05) is 0 Å². The standard InChI is InChI=1S/C14H21ClN2O3/c1-20-11(18)7-16-12(19)17-14-5-9-2-10(6-14)4-13(15,3-9)8-14/h9-10H,2-8H2,1H3,(H2,16,17,19).